The van der Waals surface area contributed by atoms with Crippen molar-refractivity contribution in [1.82, 2.24) is 10.9 Å². The summed E-state index contributed by atoms with van der Waals surface area (Å²) in [6.45, 7) is 0. The maximum Gasteiger partial charge on any atom is 0.270 e. The van der Waals surface area contributed by atoms with Crippen LogP contribution in [0, 0.1) is 21.7 Å². The minimum absolute atomic E-state index is 0.0388. The Morgan fingerprint density at radius 3 is 2.06 bits per heavy atom. The quantitative estimate of drug-likeness (QED) is 0.368. The van der Waals surface area contributed by atoms with E-state index in [4.69, 9.17) is 0 Å². The van der Waals surface area contributed by atoms with E-state index in [1.807, 2.05) is 0 Å². The van der Waals surface area contributed by atoms with Gasteiger partial charge in [0.15, 0.2) is 11.6 Å². The van der Waals surface area contributed by atoms with E-state index in [9.17, 15) is 36.9 Å². The molecule has 0 bridgehead atoms. The fourth-order valence-corrected chi connectivity index (χ4v) is 3.64. The number of hydrogen-bond acceptors (Lipinski definition) is 6. The van der Waals surface area contributed by atoms with E-state index < -0.39 is 43.3 Å². The van der Waals surface area contributed by atoms with Crippen LogP contribution in [0.3, 0.4) is 0 Å². The maximum absolute atomic E-state index is 13.3. The lowest BCUT2D eigenvalue weighted by atomic mass is 10.2. The van der Waals surface area contributed by atoms with Gasteiger partial charge >= 0.3 is 0 Å². The van der Waals surface area contributed by atoms with E-state index in [0.717, 1.165) is 12.1 Å². The molecule has 0 fully saturated rings. The number of carbonyl (C=O) groups excluding carboxylic acids is 2. The number of nitro groups is 1. The number of carbonyl (C=O) groups is 2. The van der Waals surface area contributed by atoms with Crippen LogP contribution in [0.1, 0.15) is 20.7 Å². The Morgan fingerprint density at radius 2 is 1.45 bits per heavy atom. The van der Waals surface area contributed by atoms with E-state index in [-0.39, 0.29) is 22.5 Å². The summed E-state index contributed by atoms with van der Waals surface area (Å²) in [7, 11) is -4.21. The number of sulfonamides is 1. The molecule has 3 aromatic carbocycles. The van der Waals surface area contributed by atoms with Crippen molar-refractivity contribution in [1.29, 1.82) is 0 Å². The lowest BCUT2D eigenvalue weighted by molar-refractivity contribution is -0.384. The number of benzene rings is 3. The molecule has 0 aromatic heterocycles. The smallest absolute Gasteiger partial charge is 0.270 e. The van der Waals surface area contributed by atoms with E-state index in [0.29, 0.717) is 12.1 Å². The number of hydrogen-bond donors (Lipinski definition) is 3. The van der Waals surface area contributed by atoms with Crippen molar-refractivity contribution in [2.24, 2.45) is 0 Å². The second kappa shape index (κ2) is 9.40. The van der Waals surface area contributed by atoms with Crippen LogP contribution in [0.2, 0.25) is 0 Å². The lowest BCUT2D eigenvalue weighted by Gasteiger charge is -2.10. The van der Waals surface area contributed by atoms with Gasteiger partial charge in [-0.3, -0.25) is 35.3 Å². The number of amides is 2. The second-order valence-electron chi connectivity index (χ2n) is 6.47. The Morgan fingerprint density at radius 1 is 0.818 bits per heavy atom. The molecule has 2 amide bonds. The summed E-state index contributed by atoms with van der Waals surface area (Å²) < 4.78 is 53.1. The van der Waals surface area contributed by atoms with Crippen molar-refractivity contribution in [2.45, 2.75) is 4.90 Å². The van der Waals surface area contributed by atoms with Gasteiger partial charge in [-0.1, -0.05) is 6.07 Å². The third kappa shape index (κ3) is 5.65. The summed E-state index contributed by atoms with van der Waals surface area (Å²) in [4.78, 5) is 33.9. The van der Waals surface area contributed by atoms with Gasteiger partial charge < -0.3 is 0 Å². The Kier molecular flexibility index (Phi) is 6.63. The molecule has 0 saturated heterocycles. The number of nitrogens with zero attached hydrogens (tertiary/aromatic N) is 1. The molecule has 10 nitrogen and oxygen atoms in total. The Bertz CT molecular complexity index is 1350. The molecule has 3 rings (SSSR count). The average molecular weight is 476 g/mol. The molecular formula is C20H14F2N4O6S. The van der Waals surface area contributed by atoms with Gasteiger partial charge in [0, 0.05) is 28.9 Å². The maximum atomic E-state index is 13.3. The summed E-state index contributed by atoms with van der Waals surface area (Å²) in [5.74, 6) is -4.05. The SMILES string of the molecule is O=C(NNC(=O)c1cccc([N+](=O)[O-])c1)c1ccc(NS(=O)(=O)c2ccc(F)c(F)c2)cc1. The van der Waals surface area contributed by atoms with Crippen molar-refractivity contribution in [3.05, 3.63) is 99.6 Å². The standard InChI is InChI=1S/C20H14F2N4O6S/c21-17-9-8-16(11-18(17)22)33(31,32)25-14-6-4-12(5-7-14)19(27)23-24-20(28)13-2-1-3-15(10-13)26(29)30/h1-11,25H,(H,23,27)(H,24,28). The summed E-state index contributed by atoms with van der Waals surface area (Å²) in [5.41, 5.74) is 3.98. The fraction of sp³-hybridized carbons (Fsp3) is 0. The molecule has 33 heavy (non-hydrogen) atoms. The van der Waals surface area contributed by atoms with Crippen molar-refractivity contribution >= 4 is 33.2 Å². The van der Waals surface area contributed by atoms with Gasteiger partial charge in [-0.05, 0) is 48.5 Å². The van der Waals surface area contributed by atoms with E-state index in [1.165, 1.54) is 42.5 Å². The third-order valence-electron chi connectivity index (χ3n) is 4.21. The number of non-ortho nitro benzene ring substituents is 1. The van der Waals surface area contributed by atoms with E-state index >= 15 is 0 Å². The highest BCUT2D eigenvalue weighted by Crippen LogP contribution is 2.19. The minimum Gasteiger partial charge on any atom is -0.280 e. The van der Waals surface area contributed by atoms with Gasteiger partial charge in [-0.15, -0.1) is 0 Å². The van der Waals surface area contributed by atoms with Gasteiger partial charge in [0.2, 0.25) is 0 Å². The number of hydrazine groups is 1. The highest BCUT2D eigenvalue weighted by atomic mass is 32.2. The number of halogens is 2. The highest BCUT2D eigenvalue weighted by molar-refractivity contribution is 7.92. The van der Waals surface area contributed by atoms with Crippen molar-refractivity contribution in [3.8, 4) is 0 Å². The summed E-state index contributed by atoms with van der Waals surface area (Å²) in [5, 5.41) is 10.8. The Labute approximate surface area is 185 Å². The molecule has 3 aromatic rings. The number of nitro benzene ring substituents is 1. The van der Waals surface area contributed by atoms with E-state index in [1.54, 1.807) is 0 Å². The summed E-state index contributed by atoms with van der Waals surface area (Å²) in [6, 6.07) is 12.0. The number of rotatable bonds is 6. The first-order chi connectivity index (χ1) is 15.6. The number of nitrogens with one attached hydrogen (secondary N) is 3. The first-order valence-corrected chi connectivity index (χ1v) is 10.5. The zero-order chi connectivity index (χ0) is 24.2. The molecule has 0 heterocycles. The summed E-state index contributed by atoms with van der Waals surface area (Å²) in [6.07, 6.45) is 0. The topological polar surface area (TPSA) is 148 Å². The van der Waals surface area contributed by atoms with Gasteiger partial charge in [-0.25, -0.2) is 17.2 Å². The lowest BCUT2D eigenvalue weighted by Crippen LogP contribution is -2.41. The zero-order valence-corrected chi connectivity index (χ0v) is 17.2. The van der Waals surface area contributed by atoms with Gasteiger partial charge in [0.05, 0.1) is 9.82 Å². The van der Waals surface area contributed by atoms with Crippen molar-refractivity contribution < 1.29 is 31.7 Å². The van der Waals surface area contributed by atoms with Gasteiger partial charge in [-0.2, -0.15) is 0 Å². The van der Waals surface area contributed by atoms with Crippen LogP contribution in [0.25, 0.3) is 0 Å². The van der Waals surface area contributed by atoms with Crippen LogP contribution in [-0.4, -0.2) is 25.2 Å². The van der Waals surface area contributed by atoms with Crippen LogP contribution < -0.4 is 15.6 Å². The Balaban J connectivity index is 1.63. The molecule has 3 N–H and O–H groups in total. The van der Waals surface area contributed by atoms with Crippen molar-refractivity contribution in [2.75, 3.05) is 4.72 Å². The molecule has 0 aliphatic heterocycles. The molecule has 0 aliphatic carbocycles. The first kappa shape index (κ1) is 23.3. The van der Waals surface area contributed by atoms with Gasteiger partial charge in [0.25, 0.3) is 27.5 Å². The van der Waals surface area contributed by atoms with Crippen LogP contribution >= 0.6 is 0 Å². The summed E-state index contributed by atoms with van der Waals surface area (Å²) >= 11 is 0. The molecule has 13 heteroatoms. The molecule has 0 spiro atoms. The monoisotopic (exact) mass is 476 g/mol. The normalized spacial score (nSPS) is 10.8. The molecular weight excluding hydrogens is 462 g/mol. The van der Waals surface area contributed by atoms with Crippen LogP contribution in [0.5, 0.6) is 0 Å². The van der Waals surface area contributed by atoms with Crippen LogP contribution in [-0.2, 0) is 10.0 Å². The molecule has 0 unspecified atom stereocenters. The van der Waals surface area contributed by atoms with Crippen molar-refractivity contribution in [3.63, 3.8) is 0 Å². The van der Waals surface area contributed by atoms with Crippen LogP contribution in [0.4, 0.5) is 20.2 Å². The molecule has 0 saturated carbocycles. The van der Waals surface area contributed by atoms with Crippen LogP contribution in [0.15, 0.2) is 71.6 Å². The number of anilines is 1. The molecule has 0 atom stereocenters. The largest absolute Gasteiger partial charge is 0.280 e. The molecule has 0 radical (unpaired) electrons. The Hall–Kier alpha value is -4.39. The van der Waals surface area contributed by atoms with Gasteiger partial charge in [0.1, 0.15) is 0 Å². The molecule has 0 aliphatic rings. The zero-order valence-electron chi connectivity index (χ0n) is 16.4. The fourth-order valence-electron chi connectivity index (χ4n) is 2.57. The molecule has 170 valence electrons. The minimum atomic E-state index is -4.21. The second-order valence-corrected chi connectivity index (χ2v) is 8.16. The third-order valence-corrected chi connectivity index (χ3v) is 5.59. The predicted molar refractivity (Wildman–Crippen MR) is 112 cm³/mol. The highest BCUT2D eigenvalue weighted by Gasteiger charge is 2.17. The first-order valence-electron chi connectivity index (χ1n) is 9.00. The average Bonchev–Trinajstić information content (AvgIpc) is 2.79. The predicted octanol–water partition coefficient (Wildman–Crippen LogP) is 2.75. The van der Waals surface area contributed by atoms with E-state index in [2.05, 4.69) is 15.6 Å².